The second-order valence-electron chi connectivity index (χ2n) is 2.64. The van der Waals surface area contributed by atoms with Crippen molar-refractivity contribution in [2.75, 3.05) is 6.61 Å². The fourth-order valence-corrected chi connectivity index (χ4v) is 1.28. The first-order chi connectivity index (χ1) is 6.49. The molecule has 0 saturated heterocycles. The maximum Gasteiger partial charge on any atom is 0.281 e. The average Bonchev–Trinajstić information content (AvgIpc) is 2.02. The van der Waals surface area contributed by atoms with Crippen LogP contribution in [-0.2, 0) is 5.92 Å². The van der Waals surface area contributed by atoms with E-state index in [0.29, 0.717) is 0 Å². The molecule has 0 unspecified atom stereocenters. The zero-order valence-corrected chi connectivity index (χ0v) is 7.73. The Hall–Kier alpha value is -0.810. The molecule has 0 amide bonds. The van der Waals surface area contributed by atoms with Crippen LogP contribution in [0.1, 0.15) is 12.0 Å². The van der Waals surface area contributed by atoms with E-state index in [2.05, 4.69) is 4.98 Å². The maximum atomic E-state index is 13.2. The summed E-state index contributed by atoms with van der Waals surface area (Å²) in [7, 11) is 0. The van der Waals surface area contributed by atoms with Gasteiger partial charge in [0.15, 0.2) is 0 Å². The van der Waals surface area contributed by atoms with Crippen molar-refractivity contribution in [1.29, 1.82) is 0 Å². The summed E-state index contributed by atoms with van der Waals surface area (Å²) in [5.41, 5.74) is -0.962. The van der Waals surface area contributed by atoms with E-state index in [9.17, 15) is 13.2 Å². The number of aliphatic hydroxyl groups is 1. The number of halogens is 4. The number of pyridine rings is 1. The molecule has 0 aromatic carbocycles. The van der Waals surface area contributed by atoms with Gasteiger partial charge in [0.2, 0.25) is 5.95 Å². The lowest BCUT2D eigenvalue weighted by molar-refractivity contribution is -0.0305. The smallest absolute Gasteiger partial charge is 0.281 e. The number of aromatic nitrogens is 1. The SMILES string of the molecule is OCCC(F)(F)c1c(Cl)ccnc1F. The predicted molar refractivity (Wildman–Crippen MR) is 44.8 cm³/mol. The Balaban J connectivity index is 3.17. The van der Waals surface area contributed by atoms with Gasteiger partial charge in [-0.1, -0.05) is 11.6 Å². The Bertz CT molecular complexity index is 312. The van der Waals surface area contributed by atoms with Gasteiger partial charge in [-0.3, -0.25) is 0 Å². The molecule has 1 heterocycles. The van der Waals surface area contributed by atoms with Gasteiger partial charge in [-0.25, -0.2) is 13.8 Å². The lowest BCUT2D eigenvalue weighted by atomic mass is 10.1. The van der Waals surface area contributed by atoms with E-state index < -0.39 is 35.5 Å². The Morgan fingerprint density at radius 1 is 1.50 bits per heavy atom. The lowest BCUT2D eigenvalue weighted by Gasteiger charge is -2.16. The second kappa shape index (κ2) is 4.14. The summed E-state index contributed by atoms with van der Waals surface area (Å²) in [6.07, 6.45) is 0.117. The Labute approximate surface area is 83.3 Å². The van der Waals surface area contributed by atoms with Gasteiger partial charge >= 0.3 is 0 Å². The molecule has 0 aliphatic heterocycles. The molecule has 0 aliphatic rings. The van der Waals surface area contributed by atoms with Crippen LogP contribution in [0.4, 0.5) is 13.2 Å². The number of rotatable bonds is 3. The molecule has 6 heteroatoms. The van der Waals surface area contributed by atoms with Gasteiger partial charge in [0, 0.05) is 19.2 Å². The standard InChI is InChI=1S/C8H7ClF3NO/c9-5-1-3-13-7(10)6(5)8(11,12)2-4-14/h1,3,14H,2,4H2. The summed E-state index contributed by atoms with van der Waals surface area (Å²) < 4.78 is 39.2. The van der Waals surface area contributed by atoms with Crippen LogP contribution in [0.15, 0.2) is 12.3 Å². The Morgan fingerprint density at radius 3 is 2.64 bits per heavy atom. The van der Waals surface area contributed by atoms with Crippen LogP contribution >= 0.6 is 11.6 Å². The second-order valence-corrected chi connectivity index (χ2v) is 3.04. The highest BCUT2D eigenvalue weighted by Gasteiger charge is 2.36. The van der Waals surface area contributed by atoms with Crippen molar-refractivity contribution in [2.45, 2.75) is 12.3 Å². The molecule has 0 aliphatic carbocycles. The Kier molecular flexibility index (Phi) is 3.34. The molecule has 0 saturated carbocycles. The third kappa shape index (κ3) is 2.16. The van der Waals surface area contributed by atoms with Gasteiger partial charge in [0.1, 0.15) is 0 Å². The fraction of sp³-hybridized carbons (Fsp3) is 0.375. The molecular formula is C8H7ClF3NO. The van der Waals surface area contributed by atoms with Crippen LogP contribution in [0, 0.1) is 5.95 Å². The monoisotopic (exact) mass is 225 g/mol. The molecule has 1 aromatic rings. The van der Waals surface area contributed by atoms with Gasteiger partial charge in [0.25, 0.3) is 5.92 Å². The lowest BCUT2D eigenvalue weighted by Crippen LogP contribution is -2.18. The van der Waals surface area contributed by atoms with Crippen molar-refractivity contribution >= 4 is 11.6 Å². The van der Waals surface area contributed by atoms with Crippen molar-refractivity contribution in [1.82, 2.24) is 4.98 Å². The van der Waals surface area contributed by atoms with Gasteiger partial charge in [0.05, 0.1) is 10.6 Å². The van der Waals surface area contributed by atoms with Crippen LogP contribution < -0.4 is 0 Å². The summed E-state index contributed by atoms with van der Waals surface area (Å²) in [6.45, 7) is -0.752. The van der Waals surface area contributed by atoms with Gasteiger partial charge in [-0.2, -0.15) is 4.39 Å². The third-order valence-corrected chi connectivity index (χ3v) is 1.96. The molecule has 0 spiro atoms. The molecular weight excluding hydrogens is 219 g/mol. The maximum absolute atomic E-state index is 13.2. The summed E-state index contributed by atoms with van der Waals surface area (Å²) in [6, 6.07) is 1.07. The first kappa shape index (κ1) is 11.3. The van der Waals surface area contributed by atoms with Crippen molar-refractivity contribution in [3.8, 4) is 0 Å². The molecule has 2 nitrogen and oxygen atoms in total. The predicted octanol–water partition coefficient (Wildman–Crippen LogP) is 2.35. The zero-order valence-electron chi connectivity index (χ0n) is 6.98. The van der Waals surface area contributed by atoms with Gasteiger partial charge in [-0.05, 0) is 6.07 Å². The van der Waals surface area contributed by atoms with E-state index in [1.54, 1.807) is 0 Å². The molecule has 1 aromatic heterocycles. The number of hydrogen-bond acceptors (Lipinski definition) is 2. The van der Waals surface area contributed by atoms with E-state index in [0.717, 1.165) is 12.3 Å². The van der Waals surface area contributed by atoms with E-state index in [1.165, 1.54) is 0 Å². The van der Waals surface area contributed by atoms with Crippen molar-refractivity contribution < 1.29 is 18.3 Å². The van der Waals surface area contributed by atoms with Crippen LogP contribution in [-0.4, -0.2) is 16.7 Å². The summed E-state index contributed by atoms with van der Waals surface area (Å²) in [5.74, 6) is -4.81. The molecule has 1 rings (SSSR count). The molecule has 14 heavy (non-hydrogen) atoms. The summed E-state index contributed by atoms with van der Waals surface area (Å²) in [4.78, 5) is 3.08. The van der Waals surface area contributed by atoms with E-state index in [1.807, 2.05) is 0 Å². The van der Waals surface area contributed by atoms with E-state index in [-0.39, 0.29) is 0 Å². The quantitative estimate of drug-likeness (QED) is 0.801. The van der Waals surface area contributed by atoms with E-state index in [4.69, 9.17) is 16.7 Å². The van der Waals surface area contributed by atoms with Crippen LogP contribution in [0.25, 0.3) is 0 Å². The van der Waals surface area contributed by atoms with Gasteiger partial charge < -0.3 is 5.11 Å². The van der Waals surface area contributed by atoms with Crippen LogP contribution in [0.2, 0.25) is 5.02 Å². The van der Waals surface area contributed by atoms with Crippen molar-refractivity contribution in [2.24, 2.45) is 0 Å². The first-order valence-corrected chi connectivity index (χ1v) is 4.16. The number of alkyl halides is 2. The largest absolute Gasteiger partial charge is 0.396 e. The van der Waals surface area contributed by atoms with Gasteiger partial charge in [-0.15, -0.1) is 0 Å². The number of hydrogen-bond donors (Lipinski definition) is 1. The normalized spacial score (nSPS) is 11.8. The molecule has 0 bridgehead atoms. The zero-order chi connectivity index (χ0) is 10.8. The molecule has 78 valence electrons. The Morgan fingerprint density at radius 2 is 2.14 bits per heavy atom. The number of nitrogens with zero attached hydrogens (tertiary/aromatic N) is 1. The van der Waals surface area contributed by atoms with E-state index >= 15 is 0 Å². The molecule has 0 atom stereocenters. The highest BCUT2D eigenvalue weighted by atomic mass is 35.5. The van der Waals surface area contributed by atoms with Crippen molar-refractivity contribution in [3.05, 3.63) is 28.8 Å². The average molecular weight is 226 g/mol. The van der Waals surface area contributed by atoms with Crippen molar-refractivity contribution in [3.63, 3.8) is 0 Å². The molecule has 1 N–H and O–H groups in total. The highest BCUT2D eigenvalue weighted by molar-refractivity contribution is 6.31. The van der Waals surface area contributed by atoms with Crippen LogP contribution in [0.3, 0.4) is 0 Å². The minimum atomic E-state index is -3.50. The highest BCUT2D eigenvalue weighted by Crippen LogP contribution is 2.36. The summed E-state index contributed by atoms with van der Waals surface area (Å²) in [5, 5.41) is 7.99. The minimum absolute atomic E-state index is 0.393. The summed E-state index contributed by atoms with van der Waals surface area (Å²) >= 11 is 5.41. The van der Waals surface area contributed by atoms with Crippen LogP contribution in [0.5, 0.6) is 0 Å². The first-order valence-electron chi connectivity index (χ1n) is 3.78. The topological polar surface area (TPSA) is 33.1 Å². The number of aliphatic hydroxyl groups excluding tert-OH is 1. The molecule has 0 radical (unpaired) electrons. The minimum Gasteiger partial charge on any atom is -0.396 e. The third-order valence-electron chi connectivity index (χ3n) is 1.65. The fourth-order valence-electron chi connectivity index (χ4n) is 1.01. The molecule has 0 fully saturated rings.